The van der Waals surface area contributed by atoms with Gasteiger partial charge in [-0.1, -0.05) is 0 Å². The lowest BCUT2D eigenvalue weighted by Gasteiger charge is -2.34. The maximum Gasteiger partial charge on any atom is 0.239 e. The summed E-state index contributed by atoms with van der Waals surface area (Å²) in [5.41, 5.74) is 4.68. The zero-order chi connectivity index (χ0) is 16.7. The third kappa shape index (κ3) is 2.89. The molecule has 22 heavy (non-hydrogen) atoms. The fraction of sp³-hybridized carbons (Fsp3) is 0.385. The predicted octanol–water partition coefficient (Wildman–Crippen LogP) is 0.589. The van der Waals surface area contributed by atoms with Crippen LogP contribution in [0.1, 0.15) is 19.4 Å². The standard InChI is InChI=1S/C13H17FN4O3S/c1-8(19)16-9-4-5-11(14)10(6-9)13(2)7-22(20,21)18(3)12(15)17-13/h4-6H,7H2,1-3H3,(H2,15,17)(H,16,19). The highest BCUT2D eigenvalue weighted by Crippen LogP contribution is 2.34. The van der Waals surface area contributed by atoms with Gasteiger partial charge in [0, 0.05) is 25.2 Å². The number of guanidine groups is 1. The van der Waals surface area contributed by atoms with Gasteiger partial charge in [0.05, 0.1) is 5.75 Å². The van der Waals surface area contributed by atoms with E-state index in [-0.39, 0.29) is 17.4 Å². The molecule has 1 unspecified atom stereocenters. The smallest absolute Gasteiger partial charge is 0.239 e. The topological polar surface area (TPSA) is 105 Å². The van der Waals surface area contributed by atoms with Crippen molar-refractivity contribution in [1.29, 1.82) is 0 Å². The average molecular weight is 328 g/mol. The summed E-state index contributed by atoms with van der Waals surface area (Å²) in [6.07, 6.45) is 0. The van der Waals surface area contributed by atoms with E-state index in [1.165, 1.54) is 33.0 Å². The van der Waals surface area contributed by atoms with Crippen molar-refractivity contribution in [2.24, 2.45) is 10.7 Å². The summed E-state index contributed by atoms with van der Waals surface area (Å²) < 4.78 is 39.3. The number of sulfonamides is 1. The van der Waals surface area contributed by atoms with Gasteiger partial charge >= 0.3 is 0 Å². The van der Waals surface area contributed by atoms with Crippen LogP contribution in [0.2, 0.25) is 0 Å². The van der Waals surface area contributed by atoms with Crippen molar-refractivity contribution in [3.63, 3.8) is 0 Å². The molecule has 9 heteroatoms. The maximum absolute atomic E-state index is 14.2. The fourth-order valence-electron chi connectivity index (χ4n) is 2.31. The second kappa shape index (κ2) is 5.24. The molecular weight excluding hydrogens is 311 g/mol. The van der Waals surface area contributed by atoms with Gasteiger partial charge in [-0.25, -0.2) is 22.1 Å². The molecule has 0 aliphatic carbocycles. The number of hydrogen-bond donors (Lipinski definition) is 2. The van der Waals surface area contributed by atoms with Crippen LogP contribution in [0.25, 0.3) is 0 Å². The SMILES string of the molecule is CC(=O)Nc1ccc(F)c(C2(C)CS(=O)(=O)N(C)C(N)=N2)c1. The van der Waals surface area contributed by atoms with E-state index in [1.54, 1.807) is 0 Å². The molecule has 1 heterocycles. The number of rotatable bonds is 2. The molecule has 1 aliphatic rings. The third-order valence-corrected chi connectivity index (χ3v) is 5.38. The van der Waals surface area contributed by atoms with Crippen LogP contribution in [0.15, 0.2) is 23.2 Å². The lowest BCUT2D eigenvalue weighted by Crippen LogP contribution is -2.50. The minimum absolute atomic E-state index is 0.0541. The van der Waals surface area contributed by atoms with E-state index in [2.05, 4.69) is 10.3 Å². The minimum atomic E-state index is -3.70. The molecule has 2 rings (SSSR count). The Hall–Kier alpha value is -2.16. The molecule has 1 aromatic carbocycles. The van der Waals surface area contributed by atoms with Crippen molar-refractivity contribution < 1.29 is 17.6 Å². The Kier molecular flexibility index (Phi) is 3.86. The van der Waals surface area contributed by atoms with E-state index in [0.717, 1.165) is 10.4 Å². The number of nitrogens with two attached hydrogens (primary N) is 1. The van der Waals surface area contributed by atoms with Gasteiger partial charge in [-0.2, -0.15) is 0 Å². The second-order valence-corrected chi connectivity index (χ2v) is 7.34. The van der Waals surface area contributed by atoms with Crippen LogP contribution in [0, 0.1) is 5.82 Å². The Labute approximate surface area is 128 Å². The maximum atomic E-state index is 14.2. The number of carbonyl (C=O) groups excluding carboxylic acids is 1. The van der Waals surface area contributed by atoms with Crippen LogP contribution in [-0.2, 0) is 20.4 Å². The van der Waals surface area contributed by atoms with Crippen molar-refractivity contribution in [1.82, 2.24) is 4.31 Å². The molecule has 0 radical (unpaired) electrons. The number of nitrogens with zero attached hydrogens (tertiary/aromatic N) is 2. The van der Waals surface area contributed by atoms with E-state index < -0.39 is 27.1 Å². The number of hydrogen-bond acceptors (Lipinski definition) is 5. The molecule has 0 fully saturated rings. The van der Waals surface area contributed by atoms with Crippen molar-refractivity contribution in [3.8, 4) is 0 Å². The highest BCUT2D eigenvalue weighted by molar-refractivity contribution is 7.89. The molecule has 0 bridgehead atoms. The summed E-state index contributed by atoms with van der Waals surface area (Å²) in [5, 5.41) is 2.52. The number of aliphatic imine (C=N–C) groups is 1. The lowest BCUT2D eigenvalue weighted by atomic mass is 9.93. The molecule has 1 atom stereocenters. The zero-order valence-corrected chi connectivity index (χ0v) is 13.2. The summed E-state index contributed by atoms with van der Waals surface area (Å²) in [7, 11) is -2.41. The first-order valence-electron chi connectivity index (χ1n) is 6.45. The Morgan fingerprint density at radius 1 is 1.50 bits per heavy atom. The highest BCUT2D eigenvalue weighted by atomic mass is 32.2. The van der Waals surface area contributed by atoms with E-state index in [0.29, 0.717) is 5.69 Å². The molecule has 7 nitrogen and oxygen atoms in total. The van der Waals surface area contributed by atoms with Gasteiger partial charge in [0.15, 0.2) is 0 Å². The molecule has 0 aromatic heterocycles. The van der Waals surface area contributed by atoms with Crippen LogP contribution in [0.3, 0.4) is 0 Å². The van der Waals surface area contributed by atoms with Crippen molar-refractivity contribution in [2.75, 3.05) is 18.1 Å². The Balaban J connectivity index is 2.57. The molecule has 0 saturated carbocycles. The first-order valence-corrected chi connectivity index (χ1v) is 8.06. The first-order chi connectivity index (χ1) is 10.0. The van der Waals surface area contributed by atoms with Crippen molar-refractivity contribution >= 4 is 27.6 Å². The van der Waals surface area contributed by atoms with Crippen LogP contribution < -0.4 is 11.1 Å². The minimum Gasteiger partial charge on any atom is -0.369 e. The Bertz CT molecular complexity index is 763. The summed E-state index contributed by atoms with van der Waals surface area (Å²) >= 11 is 0. The molecule has 120 valence electrons. The van der Waals surface area contributed by atoms with Crippen molar-refractivity contribution in [2.45, 2.75) is 19.4 Å². The van der Waals surface area contributed by atoms with E-state index >= 15 is 0 Å². The Morgan fingerprint density at radius 2 is 2.14 bits per heavy atom. The average Bonchev–Trinajstić information content (AvgIpc) is 2.37. The van der Waals surface area contributed by atoms with Crippen LogP contribution in [0.4, 0.5) is 10.1 Å². The van der Waals surface area contributed by atoms with Gasteiger partial charge in [-0.05, 0) is 25.1 Å². The molecule has 0 saturated heterocycles. The number of carbonyl (C=O) groups is 1. The highest BCUT2D eigenvalue weighted by Gasteiger charge is 2.41. The van der Waals surface area contributed by atoms with Gasteiger partial charge in [-0.3, -0.25) is 4.79 Å². The van der Waals surface area contributed by atoms with Gasteiger partial charge in [0.25, 0.3) is 0 Å². The van der Waals surface area contributed by atoms with Gasteiger partial charge < -0.3 is 11.1 Å². The van der Waals surface area contributed by atoms with E-state index in [1.807, 2.05) is 0 Å². The Morgan fingerprint density at radius 3 is 2.68 bits per heavy atom. The number of benzene rings is 1. The molecular formula is C13H17FN4O3S. The van der Waals surface area contributed by atoms with Crippen LogP contribution in [0.5, 0.6) is 0 Å². The van der Waals surface area contributed by atoms with E-state index in [9.17, 15) is 17.6 Å². The largest absolute Gasteiger partial charge is 0.369 e. The second-order valence-electron chi connectivity index (χ2n) is 5.34. The quantitative estimate of drug-likeness (QED) is 0.829. The monoisotopic (exact) mass is 328 g/mol. The first kappa shape index (κ1) is 16.2. The zero-order valence-electron chi connectivity index (χ0n) is 12.4. The predicted molar refractivity (Wildman–Crippen MR) is 81.2 cm³/mol. The third-order valence-electron chi connectivity index (χ3n) is 3.43. The summed E-state index contributed by atoms with van der Waals surface area (Å²) in [5.74, 6) is -1.56. The summed E-state index contributed by atoms with van der Waals surface area (Å²) in [4.78, 5) is 15.2. The fourth-order valence-corrected chi connectivity index (χ4v) is 3.76. The molecule has 1 amide bonds. The number of amides is 1. The number of halogens is 1. The van der Waals surface area contributed by atoms with Crippen molar-refractivity contribution in [3.05, 3.63) is 29.6 Å². The molecule has 3 N–H and O–H groups in total. The van der Waals surface area contributed by atoms with Gasteiger partial charge in [-0.15, -0.1) is 0 Å². The summed E-state index contributed by atoms with van der Waals surface area (Å²) in [6.45, 7) is 2.81. The molecule has 1 aromatic rings. The molecule has 1 aliphatic heterocycles. The van der Waals surface area contributed by atoms with Gasteiger partial charge in [0.1, 0.15) is 11.4 Å². The van der Waals surface area contributed by atoms with Gasteiger partial charge in [0.2, 0.25) is 21.9 Å². The van der Waals surface area contributed by atoms with E-state index in [4.69, 9.17) is 5.73 Å². The lowest BCUT2D eigenvalue weighted by molar-refractivity contribution is -0.114. The normalized spacial score (nSPS) is 23.8. The summed E-state index contributed by atoms with van der Waals surface area (Å²) in [6, 6.07) is 3.91. The number of anilines is 1. The number of nitrogens with one attached hydrogen (secondary N) is 1. The molecule has 0 spiro atoms. The van der Waals surface area contributed by atoms with Crippen LogP contribution in [-0.4, -0.2) is 37.4 Å². The van der Waals surface area contributed by atoms with Crippen LogP contribution >= 0.6 is 0 Å².